The van der Waals surface area contributed by atoms with Crippen molar-refractivity contribution >= 4 is 11.7 Å². The molecule has 1 aliphatic heterocycles. The molecule has 0 atom stereocenters. The summed E-state index contributed by atoms with van der Waals surface area (Å²) >= 11 is 0. The second-order valence-electron chi connectivity index (χ2n) is 4.95. The van der Waals surface area contributed by atoms with E-state index in [0.717, 1.165) is 29.9 Å². The zero-order chi connectivity index (χ0) is 15.7. The van der Waals surface area contributed by atoms with Gasteiger partial charge in [-0.15, -0.1) is 0 Å². The summed E-state index contributed by atoms with van der Waals surface area (Å²) in [5.74, 6) is -0.528. The summed E-state index contributed by atoms with van der Waals surface area (Å²) < 4.78 is 38.9. The van der Waals surface area contributed by atoms with Crippen LogP contribution < -0.4 is 10.6 Å². The summed E-state index contributed by atoms with van der Waals surface area (Å²) in [7, 11) is 0. The predicted molar refractivity (Wildman–Crippen MR) is 73.4 cm³/mol. The summed E-state index contributed by atoms with van der Waals surface area (Å²) in [5.41, 5.74) is 0.293. The van der Waals surface area contributed by atoms with Crippen LogP contribution in [-0.4, -0.2) is 22.6 Å². The molecular formula is C14H13F3N4O. The van der Waals surface area contributed by atoms with Gasteiger partial charge in [0.05, 0.1) is 16.8 Å². The minimum Gasteiger partial charge on any atom is -0.311 e. The van der Waals surface area contributed by atoms with Crippen LogP contribution in [-0.2, 0) is 19.1 Å². The molecule has 0 unspecified atom stereocenters. The summed E-state index contributed by atoms with van der Waals surface area (Å²) in [5, 5.41) is 12.4. The quantitative estimate of drug-likeness (QED) is 0.797. The van der Waals surface area contributed by atoms with Crippen LogP contribution in [0.25, 0.3) is 0 Å². The van der Waals surface area contributed by atoms with E-state index in [4.69, 9.17) is 0 Å². The smallest absolute Gasteiger partial charge is 0.311 e. The highest BCUT2D eigenvalue weighted by Gasteiger charge is 2.35. The van der Waals surface area contributed by atoms with Gasteiger partial charge < -0.3 is 10.6 Å². The number of benzene rings is 1. The molecule has 0 fully saturated rings. The number of nitrogens with zero attached hydrogens (tertiary/aromatic N) is 1. The molecule has 0 radical (unpaired) electrons. The number of rotatable bonds is 2. The Morgan fingerprint density at radius 2 is 2.05 bits per heavy atom. The standard InChI is InChI=1S/C14H13F3N4O/c15-14(16,17)10-4-2-1-3-8(10)13(22)19-12-9-5-6-18-7-11(9)20-21-12/h1-4,18H,5-7H2,(H2,19,20,21,22). The number of carbonyl (C=O) groups excluding carboxylic acids is 1. The van der Waals surface area contributed by atoms with Crippen LogP contribution in [0.2, 0.25) is 0 Å². The van der Waals surface area contributed by atoms with E-state index in [1.807, 2.05) is 0 Å². The van der Waals surface area contributed by atoms with Crippen LogP contribution in [0.1, 0.15) is 27.2 Å². The number of aromatic nitrogens is 2. The van der Waals surface area contributed by atoms with Crippen molar-refractivity contribution in [1.29, 1.82) is 0 Å². The van der Waals surface area contributed by atoms with Crippen LogP contribution in [0.15, 0.2) is 24.3 Å². The minimum absolute atomic E-state index is 0.290. The van der Waals surface area contributed by atoms with Crippen LogP contribution in [0.5, 0.6) is 0 Å². The lowest BCUT2D eigenvalue weighted by Gasteiger charge is -2.14. The molecule has 0 bridgehead atoms. The first-order chi connectivity index (χ1) is 10.5. The van der Waals surface area contributed by atoms with Gasteiger partial charge in [-0.2, -0.15) is 18.3 Å². The Labute approximate surface area is 123 Å². The van der Waals surface area contributed by atoms with Crippen molar-refractivity contribution in [3.63, 3.8) is 0 Å². The third-order valence-corrected chi connectivity index (χ3v) is 3.52. The van der Waals surface area contributed by atoms with E-state index in [1.165, 1.54) is 12.1 Å². The molecule has 2 heterocycles. The van der Waals surface area contributed by atoms with E-state index in [2.05, 4.69) is 20.8 Å². The molecule has 0 saturated carbocycles. The Morgan fingerprint density at radius 1 is 1.27 bits per heavy atom. The Bertz CT molecular complexity index is 708. The first-order valence-corrected chi connectivity index (χ1v) is 6.71. The average Bonchev–Trinajstić information content (AvgIpc) is 2.90. The summed E-state index contributed by atoms with van der Waals surface area (Å²) in [6, 6.07) is 4.69. The number of alkyl halides is 3. The van der Waals surface area contributed by atoms with Crippen molar-refractivity contribution in [3.05, 3.63) is 46.6 Å². The Morgan fingerprint density at radius 3 is 2.82 bits per heavy atom. The Balaban J connectivity index is 1.88. The highest BCUT2D eigenvalue weighted by molar-refractivity contribution is 6.05. The first kappa shape index (κ1) is 14.6. The van der Waals surface area contributed by atoms with Crippen molar-refractivity contribution in [2.75, 3.05) is 11.9 Å². The number of fused-ring (bicyclic) bond motifs is 1. The molecule has 2 aromatic rings. The third kappa shape index (κ3) is 2.69. The lowest BCUT2D eigenvalue weighted by Crippen LogP contribution is -2.24. The number of amides is 1. The van der Waals surface area contributed by atoms with Gasteiger partial charge in [-0.25, -0.2) is 0 Å². The molecule has 1 aromatic carbocycles. The molecule has 22 heavy (non-hydrogen) atoms. The maximum atomic E-state index is 13.0. The number of aromatic amines is 1. The summed E-state index contributed by atoms with van der Waals surface area (Å²) in [6.45, 7) is 1.33. The lowest BCUT2D eigenvalue weighted by atomic mass is 10.1. The number of halogens is 3. The molecule has 1 aliphatic rings. The Kier molecular flexibility index (Phi) is 3.61. The second-order valence-corrected chi connectivity index (χ2v) is 4.95. The normalized spacial score (nSPS) is 14.5. The van der Waals surface area contributed by atoms with Gasteiger partial charge in [0.25, 0.3) is 5.91 Å². The number of carbonyl (C=O) groups is 1. The summed E-state index contributed by atoms with van der Waals surface area (Å²) in [6.07, 6.45) is -3.93. The predicted octanol–water partition coefficient (Wildman–Crippen LogP) is 2.33. The molecule has 116 valence electrons. The maximum absolute atomic E-state index is 13.0. The van der Waals surface area contributed by atoms with Gasteiger partial charge in [0.15, 0.2) is 5.82 Å². The summed E-state index contributed by atoms with van der Waals surface area (Å²) in [4.78, 5) is 12.2. The molecule has 0 spiro atoms. The fraction of sp³-hybridized carbons (Fsp3) is 0.286. The zero-order valence-corrected chi connectivity index (χ0v) is 11.4. The monoisotopic (exact) mass is 310 g/mol. The number of H-pyrrole nitrogens is 1. The van der Waals surface area contributed by atoms with Crippen molar-refractivity contribution in [1.82, 2.24) is 15.5 Å². The van der Waals surface area contributed by atoms with Crippen molar-refractivity contribution in [3.8, 4) is 0 Å². The van der Waals surface area contributed by atoms with E-state index in [0.29, 0.717) is 18.8 Å². The molecule has 1 amide bonds. The highest BCUT2D eigenvalue weighted by atomic mass is 19.4. The molecular weight excluding hydrogens is 297 g/mol. The van der Waals surface area contributed by atoms with Gasteiger partial charge >= 0.3 is 6.18 Å². The topological polar surface area (TPSA) is 69.8 Å². The number of nitrogens with one attached hydrogen (secondary N) is 3. The fourth-order valence-corrected chi connectivity index (χ4v) is 2.45. The minimum atomic E-state index is -4.58. The van der Waals surface area contributed by atoms with E-state index >= 15 is 0 Å². The maximum Gasteiger partial charge on any atom is 0.417 e. The molecule has 8 heteroatoms. The van der Waals surface area contributed by atoms with Crippen LogP contribution >= 0.6 is 0 Å². The lowest BCUT2D eigenvalue weighted by molar-refractivity contribution is -0.137. The number of hydrogen-bond donors (Lipinski definition) is 3. The molecule has 0 saturated heterocycles. The second kappa shape index (κ2) is 5.45. The molecule has 0 aliphatic carbocycles. The van der Waals surface area contributed by atoms with Crippen LogP contribution in [0.4, 0.5) is 19.0 Å². The van der Waals surface area contributed by atoms with Gasteiger partial charge in [0.1, 0.15) is 0 Å². The first-order valence-electron chi connectivity index (χ1n) is 6.71. The van der Waals surface area contributed by atoms with Gasteiger partial charge in [0.2, 0.25) is 0 Å². The van der Waals surface area contributed by atoms with E-state index in [-0.39, 0.29) is 0 Å². The average molecular weight is 310 g/mol. The zero-order valence-electron chi connectivity index (χ0n) is 11.4. The highest BCUT2D eigenvalue weighted by Crippen LogP contribution is 2.32. The van der Waals surface area contributed by atoms with Crippen molar-refractivity contribution < 1.29 is 18.0 Å². The third-order valence-electron chi connectivity index (χ3n) is 3.52. The largest absolute Gasteiger partial charge is 0.417 e. The van der Waals surface area contributed by atoms with Crippen molar-refractivity contribution in [2.24, 2.45) is 0 Å². The van der Waals surface area contributed by atoms with Gasteiger partial charge in [-0.3, -0.25) is 9.89 Å². The van der Waals surface area contributed by atoms with Crippen LogP contribution in [0.3, 0.4) is 0 Å². The van der Waals surface area contributed by atoms with E-state index in [1.54, 1.807) is 0 Å². The SMILES string of the molecule is O=C(Nc1n[nH]c2c1CCNC2)c1ccccc1C(F)(F)F. The van der Waals surface area contributed by atoms with Gasteiger partial charge in [0, 0.05) is 12.1 Å². The number of anilines is 1. The van der Waals surface area contributed by atoms with E-state index < -0.39 is 23.2 Å². The molecule has 1 aromatic heterocycles. The fourth-order valence-electron chi connectivity index (χ4n) is 2.45. The van der Waals surface area contributed by atoms with Crippen LogP contribution in [0, 0.1) is 0 Å². The van der Waals surface area contributed by atoms with Gasteiger partial charge in [-0.1, -0.05) is 12.1 Å². The van der Waals surface area contributed by atoms with E-state index in [9.17, 15) is 18.0 Å². The molecule has 3 rings (SSSR count). The van der Waals surface area contributed by atoms with Gasteiger partial charge in [-0.05, 0) is 25.1 Å². The Hall–Kier alpha value is -2.35. The molecule has 5 nitrogen and oxygen atoms in total. The molecule has 3 N–H and O–H groups in total. The van der Waals surface area contributed by atoms with Crippen molar-refractivity contribution in [2.45, 2.75) is 19.1 Å². The number of hydrogen-bond acceptors (Lipinski definition) is 3.